The zero-order valence-electron chi connectivity index (χ0n) is 14.6. The molecule has 2 heterocycles. The Morgan fingerprint density at radius 2 is 1.75 bits per heavy atom. The lowest BCUT2D eigenvalue weighted by Crippen LogP contribution is -2.33. The van der Waals surface area contributed by atoms with Gasteiger partial charge in [-0.3, -0.25) is 0 Å². The van der Waals surface area contributed by atoms with Gasteiger partial charge in [-0.05, 0) is 42.0 Å². The van der Waals surface area contributed by atoms with Crippen LogP contribution in [-0.4, -0.2) is 10.7 Å². The van der Waals surface area contributed by atoms with Crippen molar-refractivity contribution in [2.24, 2.45) is 5.10 Å². The van der Waals surface area contributed by atoms with Crippen molar-refractivity contribution in [2.75, 3.05) is 0 Å². The van der Waals surface area contributed by atoms with E-state index in [4.69, 9.17) is 33.0 Å². The summed E-state index contributed by atoms with van der Waals surface area (Å²) in [5, 5.41) is 8.36. The number of hydrazone groups is 1. The van der Waals surface area contributed by atoms with Gasteiger partial charge in [-0.25, -0.2) is 5.01 Å². The molecule has 140 valence electrons. The summed E-state index contributed by atoms with van der Waals surface area (Å²) >= 11 is 16.1. The van der Waals surface area contributed by atoms with Gasteiger partial charge >= 0.3 is 0 Å². The molecule has 2 atom stereocenters. The van der Waals surface area contributed by atoms with Gasteiger partial charge < -0.3 is 4.74 Å². The van der Waals surface area contributed by atoms with Crippen LogP contribution in [0, 0.1) is 0 Å². The Bertz CT molecular complexity index is 1080. The summed E-state index contributed by atoms with van der Waals surface area (Å²) in [6.45, 7) is 0. The third kappa shape index (κ3) is 3.10. The normalized spacial score (nSPS) is 20.2. The van der Waals surface area contributed by atoms with E-state index in [1.54, 1.807) is 0 Å². The van der Waals surface area contributed by atoms with Gasteiger partial charge in [0.25, 0.3) is 0 Å². The second-order valence-corrected chi connectivity index (χ2v) is 8.59. The molecule has 6 heteroatoms. The molecule has 2 aliphatic rings. The van der Waals surface area contributed by atoms with E-state index in [-0.39, 0.29) is 12.3 Å². The largest absolute Gasteiger partial charge is 0.464 e. The lowest BCUT2D eigenvalue weighted by atomic mass is 9.96. The van der Waals surface area contributed by atoms with Gasteiger partial charge in [-0.2, -0.15) is 5.10 Å². The maximum absolute atomic E-state index is 6.49. The van der Waals surface area contributed by atoms with E-state index < -0.39 is 0 Å². The Morgan fingerprint density at radius 1 is 0.964 bits per heavy atom. The van der Waals surface area contributed by atoms with E-state index in [0.717, 1.165) is 39.0 Å². The van der Waals surface area contributed by atoms with Crippen molar-refractivity contribution in [1.82, 2.24) is 5.01 Å². The highest BCUT2D eigenvalue weighted by Crippen LogP contribution is 2.49. The van der Waals surface area contributed by atoms with Gasteiger partial charge in [0.1, 0.15) is 5.75 Å². The Hall–Kier alpha value is -2.01. The SMILES string of the molecule is Clc1ccc(C2=NN3[C@H](C2)c2cc(Br)ccc2O[C@@H]3c2ccccc2Cl)cc1. The first kappa shape index (κ1) is 18.0. The van der Waals surface area contributed by atoms with Gasteiger partial charge in [0, 0.05) is 32.1 Å². The van der Waals surface area contributed by atoms with Crippen molar-refractivity contribution < 1.29 is 4.74 Å². The number of hydrogen-bond acceptors (Lipinski definition) is 3. The number of halogens is 3. The molecule has 0 aromatic heterocycles. The number of hydrogen-bond donors (Lipinski definition) is 0. The van der Waals surface area contributed by atoms with Crippen molar-refractivity contribution in [3.8, 4) is 5.75 Å². The van der Waals surface area contributed by atoms with Crippen LogP contribution in [0.4, 0.5) is 0 Å². The maximum atomic E-state index is 6.49. The van der Waals surface area contributed by atoms with Crippen LogP contribution in [0.25, 0.3) is 0 Å². The fourth-order valence-corrected chi connectivity index (χ4v) is 4.49. The number of ether oxygens (including phenoxy) is 1. The molecule has 5 rings (SSSR count). The van der Waals surface area contributed by atoms with Crippen molar-refractivity contribution in [2.45, 2.75) is 18.7 Å². The Balaban J connectivity index is 1.62. The quantitative estimate of drug-likeness (QED) is 0.400. The molecule has 0 bridgehead atoms. The van der Waals surface area contributed by atoms with Gasteiger partial charge in [-0.15, -0.1) is 0 Å². The first-order chi connectivity index (χ1) is 13.6. The molecule has 0 amide bonds. The summed E-state index contributed by atoms with van der Waals surface area (Å²) in [5.41, 5.74) is 4.10. The van der Waals surface area contributed by atoms with Gasteiger partial charge in [-0.1, -0.05) is 69.5 Å². The number of rotatable bonds is 2. The average molecular weight is 474 g/mol. The summed E-state index contributed by atoms with van der Waals surface area (Å²) in [6.07, 6.45) is 0.409. The van der Waals surface area contributed by atoms with E-state index in [1.165, 1.54) is 0 Å². The molecular weight excluding hydrogens is 459 g/mol. The highest BCUT2D eigenvalue weighted by molar-refractivity contribution is 9.10. The highest BCUT2D eigenvalue weighted by atomic mass is 79.9. The molecule has 0 spiro atoms. The minimum absolute atomic E-state index is 0.0770. The second-order valence-electron chi connectivity index (χ2n) is 6.83. The fourth-order valence-electron chi connectivity index (χ4n) is 3.76. The third-order valence-electron chi connectivity index (χ3n) is 5.10. The number of nitrogens with zero attached hydrogens (tertiary/aromatic N) is 2. The van der Waals surface area contributed by atoms with Crippen LogP contribution in [0.3, 0.4) is 0 Å². The van der Waals surface area contributed by atoms with Crippen LogP contribution in [0.2, 0.25) is 10.0 Å². The van der Waals surface area contributed by atoms with Crippen LogP contribution in [0.15, 0.2) is 76.3 Å². The Morgan fingerprint density at radius 3 is 2.54 bits per heavy atom. The highest BCUT2D eigenvalue weighted by Gasteiger charge is 2.41. The molecular formula is C22H15BrCl2N2O. The standard InChI is InChI=1S/C22H15BrCl2N2O/c23-14-7-10-21-17(11-14)20-12-19(13-5-8-15(24)9-6-13)26-27(20)22(28-21)16-3-1-2-4-18(16)25/h1-11,20,22H,12H2/t20-,22-/m1/s1. The minimum Gasteiger partial charge on any atom is -0.464 e. The molecule has 0 N–H and O–H groups in total. The maximum Gasteiger partial charge on any atom is 0.215 e. The molecule has 3 aromatic carbocycles. The summed E-state index contributed by atoms with van der Waals surface area (Å²) in [5.74, 6) is 0.863. The molecule has 0 unspecified atom stereocenters. The summed E-state index contributed by atoms with van der Waals surface area (Å²) in [6, 6.07) is 21.7. The van der Waals surface area contributed by atoms with Crippen LogP contribution < -0.4 is 4.74 Å². The zero-order valence-corrected chi connectivity index (χ0v) is 17.7. The average Bonchev–Trinajstić information content (AvgIpc) is 3.14. The molecule has 0 saturated carbocycles. The first-order valence-corrected chi connectivity index (χ1v) is 10.5. The number of benzene rings is 3. The Labute approximate surface area is 181 Å². The molecule has 0 fully saturated rings. The van der Waals surface area contributed by atoms with Crippen molar-refractivity contribution >= 4 is 44.8 Å². The van der Waals surface area contributed by atoms with Crippen LogP contribution in [-0.2, 0) is 0 Å². The Kier molecular flexibility index (Phi) is 4.58. The predicted octanol–water partition coefficient (Wildman–Crippen LogP) is 7.00. The summed E-state index contributed by atoms with van der Waals surface area (Å²) in [7, 11) is 0. The van der Waals surface area contributed by atoms with Crippen molar-refractivity contribution in [1.29, 1.82) is 0 Å². The van der Waals surface area contributed by atoms with Crippen molar-refractivity contribution in [3.63, 3.8) is 0 Å². The van der Waals surface area contributed by atoms with Gasteiger partial charge in [0.2, 0.25) is 6.23 Å². The van der Waals surface area contributed by atoms with Crippen molar-refractivity contribution in [3.05, 3.63) is 97.9 Å². The van der Waals surface area contributed by atoms with Crippen LogP contribution in [0.1, 0.15) is 35.4 Å². The molecule has 0 saturated heterocycles. The number of fused-ring (bicyclic) bond motifs is 3. The van der Waals surface area contributed by atoms with E-state index in [2.05, 4.69) is 22.0 Å². The lowest BCUT2D eigenvalue weighted by molar-refractivity contribution is -0.0190. The molecule has 2 aliphatic heterocycles. The summed E-state index contributed by atoms with van der Waals surface area (Å²) in [4.78, 5) is 0. The summed E-state index contributed by atoms with van der Waals surface area (Å²) < 4.78 is 7.38. The lowest BCUT2D eigenvalue weighted by Gasteiger charge is -2.38. The molecule has 0 radical (unpaired) electrons. The topological polar surface area (TPSA) is 24.8 Å². The van der Waals surface area contributed by atoms with Crippen LogP contribution in [0.5, 0.6) is 5.75 Å². The molecule has 3 aromatic rings. The first-order valence-electron chi connectivity index (χ1n) is 8.92. The fraction of sp³-hybridized carbons (Fsp3) is 0.136. The second kappa shape index (κ2) is 7.11. The molecule has 3 nitrogen and oxygen atoms in total. The van der Waals surface area contributed by atoms with E-state index in [1.807, 2.05) is 65.7 Å². The molecule has 28 heavy (non-hydrogen) atoms. The monoisotopic (exact) mass is 472 g/mol. The van der Waals surface area contributed by atoms with E-state index in [0.29, 0.717) is 10.0 Å². The third-order valence-corrected chi connectivity index (χ3v) is 6.19. The smallest absolute Gasteiger partial charge is 0.215 e. The minimum atomic E-state index is -0.378. The van der Waals surface area contributed by atoms with E-state index in [9.17, 15) is 0 Å². The van der Waals surface area contributed by atoms with Crippen LogP contribution >= 0.6 is 39.1 Å². The van der Waals surface area contributed by atoms with E-state index >= 15 is 0 Å². The predicted molar refractivity (Wildman–Crippen MR) is 116 cm³/mol. The zero-order chi connectivity index (χ0) is 19.3. The molecule has 0 aliphatic carbocycles. The van der Waals surface area contributed by atoms with Gasteiger partial charge in [0.15, 0.2) is 0 Å². The van der Waals surface area contributed by atoms with Gasteiger partial charge in [0.05, 0.1) is 11.8 Å².